The average Bonchev–Trinajstić information content (AvgIpc) is 2.91. The van der Waals surface area contributed by atoms with Crippen molar-refractivity contribution < 1.29 is 19.0 Å². The van der Waals surface area contributed by atoms with E-state index in [0.29, 0.717) is 0 Å². The number of ether oxygens (including phenoxy) is 1. The van der Waals surface area contributed by atoms with E-state index >= 15 is 0 Å². The van der Waals surface area contributed by atoms with Crippen molar-refractivity contribution in [3.63, 3.8) is 0 Å². The molecule has 2 aromatic rings. The summed E-state index contributed by atoms with van der Waals surface area (Å²) < 4.78 is 18.8. The molecule has 0 atom stereocenters. The second kappa shape index (κ2) is 6.68. The minimum Gasteiger partial charge on any atom is -0.487 e. The van der Waals surface area contributed by atoms with Crippen LogP contribution in [-0.2, 0) is 11.4 Å². The van der Waals surface area contributed by atoms with E-state index in [1.54, 1.807) is 17.5 Å². The Labute approximate surface area is 124 Å². The lowest BCUT2D eigenvalue weighted by Crippen LogP contribution is -1.97. The van der Waals surface area contributed by atoms with Gasteiger partial charge in [0, 0.05) is 11.0 Å². The van der Waals surface area contributed by atoms with Crippen LogP contribution >= 0.6 is 11.3 Å². The van der Waals surface area contributed by atoms with E-state index in [2.05, 4.69) is 0 Å². The van der Waals surface area contributed by atoms with Gasteiger partial charge in [0.15, 0.2) is 0 Å². The third-order valence-corrected chi connectivity index (χ3v) is 3.48. The Balaban J connectivity index is 2.06. The van der Waals surface area contributed by atoms with E-state index in [1.807, 2.05) is 0 Å². The van der Waals surface area contributed by atoms with E-state index in [-0.39, 0.29) is 17.9 Å². The van der Waals surface area contributed by atoms with Gasteiger partial charge < -0.3 is 9.84 Å². The largest absolute Gasteiger partial charge is 0.487 e. The Morgan fingerprint density at radius 3 is 3.05 bits per heavy atom. The highest BCUT2D eigenvalue weighted by Crippen LogP contribution is 2.23. The predicted octanol–water partition coefficient (Wildman–Crippen LogP) is 3.44. The molecule has 106 valence electrons. The molecule has 0 bridgehead atoms. The van der Waals surface area contributed by atoms with Gasteiger partial charge >= 0.3 is 5.97 Å². The molecule has 6 heteroatoms. The summed E-state index contributed by atoms with van der Waals surface area (Å²) in [5.74, 6) is -1.45. The molecule has 0 aliphatic rings. The van der Waals surface area contributed by atoms with Crippen molar-refractivity contribution in [2.45, 2.75) is 6.61 Å². The molecular formula is C15H10FNO3S. The molecule has 4 nitrogen and oxygen atoms in total. The van der Waals surface area contributed by atoms with Gasteiger partial charge in [-0.3, -0.25) is 0 Å². The normalized spacial score (nSPS) is 10.5. The quantitative estimate of drug-likeness (QED) is 0.859. The minimum atomic E-state index is -1.02. The van der Waals surface area contributed by atoms with Gasteiger partial charge in [0.05, 0.1) is 0 Å². The van der Waals surface area contributed by atoms with Gasteiger partial charge in [-0.05, 0) is 35.2 Å². The Morgan fingerprint density at radius 1 is 1.52 bits per heavy atom. The maximum atomic E-state index is 13.4. The SMILES string of the molecule is N#Cc1c(F)cccc1OCc1cc(C=CC(=O)O)cs1. The van der Waals surface area contributed by atoms with E-state index in [0.717, 1.165) is 16.5 Å². The van der Waals surface area contributed by atoms with Gasteiger partial charge in [-0.15, -0.1) is 11.3 Å². The number of thiophene rings is 1. The Kier molecular flexibility index (Phi) is 4.69. The van der Waals surface area contributed by atoms with Crippen molar-refractivity contribution >= 4 is 23.4 Å². The van der Waals surface area contributed by atoms with E-state index in [9.17, 15) is 9.18 Å². The molecule has 0 amide bonds. The van der Waals surface area contributed by atoms with Crippen LogP contribution in [0.25, 0.3) is 6.08 Å². The van der Waals surface area contributed by atoms with Crippen molar-refractivity contribution in [3.8, 4) is 11.8 Å². The van der Waals surface area contributed by atoms with Crippen molar-refractivity contribution in [2.24, 2.45) is 0 Å². The summed E-state index contributed by atoms with van der Waals surface area (Å²) in [6, 6.07) is 7.74. The number of aliphatic carboxylic acids is 1. The summed E-state index contributed by atoms with van der Waals surface area (Å²) in [6.45, 7) is 0.184. The van der Waals surface area contributed by atoms with E-state index < -0.39 is 11.8 Å². The van der Waals surface area contributed by atoms with Gasteiger partial charge in [-0.1, -0.05) is 6.07 Å². The molecule has 21 heavy (non-hydrogen) atoms. The summed E-state index contributed by atoms with van der Waals surface area (Å²) >= 11 is 1.39. The minimum absolute atomic E-state index is 0.125. The topological polar surface area (TPSA) is 70.3 Å². The van der Waals surface area contributed by atoms with Crippen LogP contribution in [0, 0.1) is 17.1 Å². The Morgan fingerprint density at radius 2 is 2.33 bits per heavy atom. The fourth-order valence-corrected chi connectivity index (χ4v) is 2.38. The third kappa shape index (κ3) is 3.91. The van der Waals surface area contributed by atoms with Gasteiger partial charge in [-0.25, -0.2) is 9.18 Å². The lowest BCUT2D eigenvalue weighted by molar-refractivity contribution is -0.131. The number of halogens is 1. The summed E-state index contributed by atoms with van der Waals surface area (Å²) in [6.07, 6.45) is 2.53. The first kappa shape index (κ1) is 14.8. The first-order valence-electron chi connectivity index (χ1n) is 5.90. The van der Waals surface area contributed by atoms with Crippen LogP contribution in [0.5, 0.6) is 5.75 Å². The maximum absolute atomic E-state index is 13.4. The lowest BCUT2D eigenvalue weighted by atomic mass is 10.2. The van der Waals surface area contributed by atoms with Crippen LogP contribution in [0.15, 0.2) is 35.7 Å². The molecule has 0 saturated heterocycles. The molecule has 0 aliphatic carbocycles. The highest BCUT2D eigenvalue weighted by molar-refractivity contribution is 7.10. The first-order valence-corrected chi connectivity index (χ1v) is 6.78. The number of nitrogens with zero attached hydrogens (tertiary/aromatic N) is 1. The second-order valence-electron chi connectivity index (χ2n) is 4.03. The molecule has 0 spiro atoms. The molecular weight excluding hydrogens is 293 g/mol. The van der Waals surface area contributed by atoms with Crippen LogP contribution in [0.3, 0.4) is 0 Å². The Bertz CT molecular complexity index is 731. The van der Waals surface area contributed by atoms with Crippen LogP contribution < -0.4 is 4.74 Å². The highest BCUT2D eigenvalue weighted by atomic mass is 32.1. The summed E-state index contributed by atoms with van der Waals surface area (Å²) in [5.41, 5.74) is 0.626. The molecule has 0 fully saturated rings. The zero-order valence-electron chi connectivity index (χ0n) is 10.7. The molecule has 1 N–H and O–H groups in total. The molecule has 2 rings (SSSR count). The first-order chi connectivity index (χ1) is 10.1. The van der Waals surface area contributed by atoms with Crippen LogP contribution in [0.4, 0.5) is 4.39 Å². The average molecular weight is 303 g/mol. The van der Waals surface area contributed by atoms with Crippen LogP contribution in [-0.4, -0.2) is 11.1 Å². The third-order valence-electron chi connectivity index (χ3n) is 2.55. The lowest BCUT2D eigenvalue weighted by Gasteiger charge is -2.06. The standard InChI is InChI=1S/C15H10FNO3S/c16-13-2-1-3-14(12(13)7-17)20-8-11-6-10(9-21-11)4-5-15(18)19/h1-6,9H,8H2,(H,18,19). The molecule has 0 unspecified atom stereocenters. The number of carboxylic acid groups (broad SMARTS) is 1. The van der Waals surface area contributed by atoms with Gasteiger partial charge in [0.1, 0.15) is 29.8 Å². The molecule has 1 aromatic heterocycles. The van der Waals surface area contributed by atoms with Crippen molar-refractivity contribution in [1.29, 1.82) is 5.26 Å². The van der Waals surface area contributed by atoms with Gasteiger partial charge in [0.25, 0.3) is 0 Å². The zero-order valence-corrected chi connectivity index (χ0v) is 11.6. The number of hydrogen-bond acceptors (Lipinski definition) is 4. The van der Waals surface area contributed by atoms with Crippen molar-refractivity contribution in [3.05, 3.63) is 57.5 Å². The van der Waals surface area contributed by atoms with Gasteiger partial charge in [0.2, 0.25) is 0 Å². The van der Waals surface area contributed by atoms with E-state index in [4.69, 9.17) is 15.1 Å². The monoisotopic (exact) mass is 303 g/mol. The molecule has 0 radical (unpaired) electrons. The van der Waals surface area contributed by atoms with Crippen molar-refractivity contribution in [1.82, 2.24) is 0 Å². The summed E-state index contributed by atoms with van der Waals surface area (Å²) in [5, 5.41) is 19.2. The van der Waals surface area contributed by atoms with Crippen LogP contribution in [0.1, 0.15) is 16.0 Å². The number of carbonyl (C=O) groups is 1. The molecule has 0 aliphatic heterocycles. The molecule has 1 heterocycles. The van der Waals surface area contributed by atoms with Gasteiger partial charge in [-0.2, -0.15) is 5.26 Å². The summed E-state index contributed by atoms with van der Waals surface area (Å²) in [7, 11) is 0. The second-order valence-corrected chi connectivity index (χ2v) is 5.03. The summed E-state index contributed by atoms with van der Waals surface area (Å²) in [4.78, 5) is 11.3. The zero-order chi connectivity index (χ0) is 15.2. The highest BCUT2D eigenvalue weighted by Gasteiger charge is 2.09. The van der Waals surface area contributed by atoms with Crippen LogP contribution in [0.2, 0.25) is 0 Å². The van der Waals surface area contributed by atoms with Crippen molar-refractivity contribution in [2.75, 3.05) is 0 Å². The number of nitriles is 1. The molecule has 1 aromatic carbocycles. The maximum Gasteiger partial charge on any atom is 0.328 e. The Hall–Kier alpha value is -2.65. The van der Waals surface area contributed by atoms with E-state index in [1.165, 1.54) is 35.6 Å². The number of benzene rings is 1. The fraction of sp³-hybridized carbons (Fsp3) is 0.0667. The predicted molar refractivity (Wildman–Crippen MR) is 76.4 cm³/mol. The fourth-order valence-electron chi connectivity index (χ4n) is 1.61. The molecule has 0 saturated carbocycles. The number of carboxylic acids is 1. The smallest absolute Gasteiger partial charge is 0.328 e. The number of hydrogen-bond donors (Lipinski definition) is 1. The number of rotatable bonds is 5.